The van der Waals surface area contributed by atoms with E-state index in [1.54, 1.807) is 18.2 Å². The highest BCUT2D eigenvalue weighted by molar-refractivity contribution is 6.05. The van der Waals surface area contributed by atoms with Gasteiger partial charge in [0.2, 0.25) is 0 Å². The van der Waals surface area contributed by atoms with Crippen molar-refractivity contribution < 1.29 is 32.6 Å². The maximum Gasteiger partial charge on any atom is 0.387 e. The molecule has 6 nitrogen and oxygen atoms in total. The molecule has 0 aromatic heterocycles. The van der Waals surface area contributed by atoms with E-state index in [0.29, 0.717) is 11.1 Å². The van der Waals surface area contributed by atoms with Gasteiger partial charge < -0.3 is 9.47 Å². The van der Waals surface area contributed by atoms with Gasteiger partial charge in [-0.3, -0.25) is 19.7 Å². The summed E-state index contributed by atoms with van der Waals surface area (Å²) < 4.78 is 33.1. The second kappa shape index (κ2) is 9.26. The minimum atomic E-state index is -2.93. The molecule has 2 amide bonds. The summed E-state index contributed by atoms with van der Waals surface area (Å²) >= 11 is 0. The van der Waals surface area contributed by atoms with Gasteiger partial charge in [-0.1, -0.05) is 30.3 Å². The summed E-state index contributed by atoms with van der Waals surface area (Å²) in [5.74, 6) is -2.08. The molecule has 0 spiro atoms. The second-order valence-electron chi connectivity index (χ2n) is 5.10. The molecule has 0 saturated heterocycles. The highest BCUT2D eigenvalue weighted by Gasteiger charge is 2.13. The Bertz CT molecular complexity index is 763. The standard InChI is InChI=1S/C18H15F2NO5/c19-18(20)26-14-8-6-12(7-9-14)10-16(23)25-11-15(22)21-17(24)13-4-2-1-3-5-13/h1-9,18H,10-11H2,(H,21,22,24). The topological polar surface area (TPSA) is 81.7 Å². The van der Waals surface area contributed by atoms with Crippen LogP contribution < -0.4 is 10.1 Å². The van der Waals surface area contributed by atoms with Gasteiger partial charge in [0.25, 0.3) is 11.8 Å². The monoisotopic (exact) mass is 363 g/mol. The first-order valence-corrected chi connectivity index (χ1v) is 7.52. The van der Waals surface area contributed by atoms with Crippen molar-refractivity contribution in [3.63, 3.8) is 0 Å². The Morgan fingerprint density at radius 1 is 0.962 bits per heavy atom. The van der Waals surface area contributed by atoms with Crippen LogP contribution in [-0.2, 0) is 20.7 Å². The Kier molecular flexibility index (Phi) is 6.78. The lowest BCUT2D eigenvalue weighted by Crippen LogP contribution is -2.34. The van der Waals surface area contributed by atoms with Crippen LogP contribution >= 0.6 is 0 Å². The summed E-state index contributed by atoms with van der Waals surface area (Å²) in [5.41, 5.74) is 0.802. The molecule has 136 valence electrons. The van der Waals surface area contributed by atoms with Crippen LogP contribution in [0.15, 0.2) is 54.6 Å². The number of hydrogen-bond acceptors (Lipinski definition) is 5. The molecule has 0 aliphatic heterocycles. The summed E-state index contributed by atoms with van der Waals surface area (Å²) in [5, 5.41) is 2.10. The molecular weight excluding hydrogens is 348 g/mol. The number of carbonyl (C=O) groups is 3. The van der Waals surface area contributed by atoms with Crippen LogP contribution in [0.5, 0.6) is 5.75 Å². The van der Waals surface area contributed by atoms with E-state index < -0.39 is 31.0 Å². The Morgan fingerprint density at radius 2 is 1.62 bits per heavy atom. The average Bonchev–Trinajstić information content (AvgIpc) is 2.62. The van der Waals surface area contributed by atoms with Crippen LogP contribution in [-0.4, -0.2) is 31.0 Å². The maximum atomic E-state index is 12.0. The van der Waals surface area contributed by atoms with Gasteiger partial charge in [0.05, 0.1) is 6.42 Å². The van der Waals surface area contributed by atoms with Gasteiger partial charge in [0.1, 0.15) is 5.75 Å². The first kappa shape index (κ1) is 19.0. The Hall–Kier alpha value is -3.29. The van der Waals surface area contributed by atoms with Crippen molar-refractivity contribution in [2.45, 2.75) is 13.0 Å². The van der Waals surface area contributed by atoms with Gasteiger partial charge in [0.15, 0.2) is 6.61 Å². The van der Waals surface area contributed by atoms with Gasteiger partial charge in [-0.15, -0.1) is 0 Å². The van der Waals surface area contributed by atoms with E-state index >= 15 is 0 Å². The third-order valence-corrected chi connectivity index (χ3v) is 3.15. The van der Waals surface area contributed by atoms with Crippen molar-refractivity contribution in [1.29, 1.82) is 0 Å². The van der Waals surface area contributed by atoms with Gasteiger partial charge in [-0.05, 0) is 29.8 Å². The fraction of sp³-hybridized carbons (Fsp3) is 0.167. The SMILES string of the molecule is O=C(COC(=O)Cc1ccc(OC(F)F)cc1)NC(=O)c1ccccc1. The number of halogens is 2. The fourth-order valence-corrected chi connectivity index (χ4v) is 1.98. The molecule has 0 heterocycles. The van der Waals surface area contributed by atoms with Crippen molar-refractivity contribution in [2.75, 3.05) is 6.61 Å². The number of nitrogens with one attached hydrogen (secondary N) is 1. The molecule has 0 fully saturated rings. The third-order valence-electron chi connectivity index (χ3n) is 3.15. The zero-order valence-corrected chi connectivity index (χ0v) is 13.5. The Labute approximate surface area is 147 Å². The number of esters is 1. The molecule has 2 rings (SSSR count). The molecule has 2 aromatic rings. The molecule has 26 heavy (non-hydrogen) atoms. The van der Waals surface area contributed by atoms with Crippen LogP contribution in [0.4, 0.5) is 8.78 Å². The fourth-order valence-electron chi connectivity index (χ4n) is 1.98. The Morgan fingerprint density at radius 3 is 2.23 bits per heavy atom. The lowest BCUT2D eigenvalue weighted by atomic mass is 10.1. The van der Waals surface area contributed by atoms with Crippen LogP contribution in [0.1, 0.15) is 15.9 Å². The van der Waals surface area contributed by atoms with Crippen molar-refractivity contribution in [3.05, 3.63) is 65.7 Å². The molecule has 0 saturated carbocycles. The van der Waals surface area contributed by atoms with E-state index in [9.17, 15) is 23.2 Å². The van der Waals surface area contributed by atoms with Crippen LogP contribution in [0, 0.1) is 0 Å². The number of ether oxygens (including phenoxy) is 2. The van der Waals surface area contributed by atoms with E-state index in [0.717, 1.165) is 0 Å². The highest BCUT2D eigenvalue weighted by Crippen LogP contribution is 2.15. The van der Waals surface area contributed by atoms with Gasteiger partial charge in [-0.2, -0.15) is 8.78 Å². The Balaban J connectivity index is 1.75. The van der Waals surface area contributed by atoms with Crippen molar-refractivity contribution >= 4 is 17.8 Å². The minimum Gasteiger partial charge on any atom is -0.455 e. The molecule has 8 heteroatoms. The van der Waals surface area contributed by atoms with E-state index in [1.165, 1.54) is 36.4 Å². The lowest BCUT2D eigenvalue weighted by molar-refractivity contribution is -0.147. The molecule has 0 aliphatic carbocycles. The smallest absolute Gasteiger partial charge is 0.387 e. The molecule has 0 radical (unpaired) electrons. The second-order valence-corrected chi connectivity index (χ2v) is 5.10. The third kappa shape index (κ3) is 6.31. The molecule has 1 N–H and O–H groups in total. The largest absolute Gasteiger partial charge is 0.455 e. The van der Waals surface area contributed by atoms with Crippen LogP contribution in [0.25, 0.3) is 0 Å². The summed E-state index contributed by atoms with van der Waals surface area (Å²) in [4.78, 5) is 35.1. The molecule has 2 aromatic carbocycles. The lowest BCUT2D eigenvalue weighted by Gasteiger charge is -2.07. The van der Waals surface area contributed by atoms with Gasteiger partial charge >= 0.3 is 12.6 Å². The summed E-state index contributed by atoms with van der Waals surface area (Å²) in [7, 11) is 0. The van der Waals surface area contributed by atoms with E-state index in [-0.39, 0.29) is 12.2 Å². The zero-order chi connectivity index (χ0) is 18.9. The number of alkyl halides is 2. The molecule has 0 aliphatic rings. The number of imide groups is 1. The zero-order valence-electron chi connectivity index (χ0n) is 13.5. The highest BCUT2D eigenvalue weighted by atomic mass is 19.3. The van der Waals surface area contributed by atoms with Gasteiger partial charge in [-0.25, -0.2) is 0 Å². The normalized spacial score (nSPS) is 10.3. The van der Waals surface area contributed by atoms with E-state index in [4.69, 9.17) is 4.74 Å². The number of carbonyl (C=O) groups excluding carboxylic acids is 3. The first-order chi connectivity index (χ1) is 12.4. The molecule has 0 bridgehead atoms. The predicted molar refractivity (Wildman–Crippen MR) is 86.7 cm³/mol. The average molecular weight is 363 g/mol. The van der Waals surface area contributed by atoms with Crippen LogP contribution in [0.3, 0.4) is 0 Å². The number of hydrogen-bond donors (Lipinski definition) is 1. The summed E-state index contributed by atoms with van der Waals surface area (Å²) in [6.07, 6.45) is -0.158. The van der Waals surface area contributed by atoms with E-state index in [2.05, 4.69) is 10.1 Å². The van der Waals surface area contributed by atoms with Crippen LogP contribution in [0.2, 0.25) is 0 Å². The number of rotatable bonds is 7. The van der Waals surface area contributed by atoms with Crippen molar-refractivity contribution in [2.24, 2.45) is 0 Å². The first-order valence-electron chi connectivity index (χ1n) is 7.52. The quantitative estimate of drug-likeness (QED) is 0.764. The molecule has 0 unspecified atom stereocenters. The molecular formula is C18H15F2NO5. The van der Waals surface area contributed by atoms with Gasteiger partial charge in [0, 0.05) is 5.56 Å². The summed E-state index contributed by atoms with van der Waals surface area (Å²) in [6, 6.07) is 13.5. The number of amides is 2. The predicted octanol–water partition coefficient (Wildman–Crippen LogP) is 2.33. The van der Waals surface area contributed by atoms with Crippen molar-refractivity contribution in [1.82, 2.24) is 5.32 Å². The van der Waals surface area contributed by atoms with Crippen molar-refractivity contribution in [3.8, 4) is 5.75 Å². The number of benzene rings is 2. The van der Waals surface area contributed by atoms with E-state index in [1.807, 2.05) is 0 Å². The molecule has 0 atom stereocenters. The summed E-state index contributed by atoms with van der Waals surface area (Å²) in [6.45, 7) is -3.54. The minimum absolute atomic E-state index is 0.0316. The maximum absolute atomic E-state index is 12.0.